The topological polar surface area (TPSA) is 89.5 Å². The lowest BCUT2D eigenvalue weighted by Crippen LogP contribution is -2.38. The number of ether oxygens (including phenoxy) is 1. The highest BCUT2D eigenvalue weighted by molar-refractivity contribution is 7.91. The summed E-state index contributed by atoms with van der Waals surface area (Å²) in [4.78, 5) is 23.1. The molecule has 0 unspecified atom stereocenters. The van der Waals surface area contributed by atoms with Gasteiger partial charge in [0.15, 0.2) is 16.4 Å². The van der Waals surface area contributed by atoms with Crippen molar-refractivity contribution in [2.24, 2.45) is 0 Å². The smallest absolute Gasteiger partial charge is 0.341 e. The highest BCUT2D eigenvalue weighted by Gasteiger charge is 2.29. The summed E-state index contributed by atoms with van der Waals surface area (Å²) < 4.78 is 53.1. The van der Waals surface area contributed by atoms with Crippen molar-refractivity contribution < 1.29 is 31.5 Å². The van der Waals surface area contributed by atoms with Gasteiger partial charge in [0.05, 0.1) is 17.1 Å². The van der Waals surface area contributed by atoms with Crippen LogP contribution in [0.1, 0.15) is 16.8 Å². The zero-order valence-corrected chi connectivity index (χ0v) is 12.2. The summed E-state index contributed by atoms with van der Waals surface area (Å²) in [6, 6.07) is 1.82. The molecule has 0 spiro atoms. The Balaban J connectivity index is 1.84. The number of rotatable bonds is 4. The second-order valence-electron chi connectivity index (χ2n) is 4.87. The van der Waals surface area contributed by atoms with Crippen LogP contribution >= 0.6 is 0 Å². The molecule has 0 radical (unpaired) electrons. The molecule has 2 rings (SSSR count). The van der Waals surface area contributed by atoms with Gasteiger partial charge in [-0.3, -0.25) is 4.79 Å². The summed E-state index contributed by atoms with van der Waals surface area (Å²) >= 11 is 0. The fraction of sp³-hybridized carbons (Fsp3) is 0.385. The molecule has 22 heavy (non-hydrogen) atoms. The summed E-state index contributed by atoms with van der Waals surface area (Å²) in [6.45, 7) is -0.674. The Morgan fingerprint density at radius 1 is 1.32 bits per heavy atom. The van der Waals surface area contributed by atoms with Crippen molar-refractivity contribution in [3.63, 3.8) is 0 Å². The lowest BCUT2D eigenvalue weighted by molar-refractivity contribution is -0.124. The quantitative estimate of drug-likeness (QED) is 0.807. The van der Waals surface area contributed by atoms with Gasteiger partial charge in [-0.05, 0) is 18.6 Å². The first-order valence-corrected chi connectivity index (χ1v) is 8.21. The highest BCUT2D eigenvalue weighted by Crippen LogP contribution is 2.12. The number of benzene rings is 1. The summed E-state index contributed by atoms with van der Waals surface area (Å²) in [7, 11) is -3.13. The van der Waals surface area contributed by atoms with Crippen LogP contribution in [0.2, 0.25) is 0 Å². The lowest BCUT2D eigenvalue weighted by Gasteiger charge is -2.11. The zero-order chi connectivity index (χ0) is 16.3. The molecule has 120 valence electrons. The second kappa shape index (κ2) is 6.39. The first-order valence-electron chi connectivity index (χ1n) is 6.39. The number of nitrogens with one attached hydrogen (secondary N) is 1. The van der Waals surface area contributed by atoms with E-state index >= 15 is 0 Å². The third-order valence-corrected chi connectivity index (χ3v) is 4.85. The second-order valence-corrected chi connectivity index (χ2v) is 7.10. The molecule has 1 saturated heterocycles. The predicted octanol–water partition coefficient (Wildman–Crippen LogP) is 0.425. The van der Waals surface area contributed by atoms with Crippen LogP contribution in [0.5, 0.6) is 0 Å². The minimum absolute atomic E-state index is 0.00146. The molecule has 1 heterocycles. The molecule has 0 aliphatic carbocycles. The third kappa shape index (κ3) is 4.23. The van der Waals surface area contributed by atoms with Gasteiger partial charge in [0.1, 0.15) is 11.6 Å². The van der Waals surface area contributed by atoms with Gasteiger partial charge >= 0.3 is 5.97 Å². The molecule has 1 aromatic carbocycles. The number of halogens is 2. The van der Waals surface area contributed by atoms with Crippen LogP contribution in [0.3, 0.4) is 0 Å². The fourth-order valence-electron chi connectivity index (χ4n) is 2.04. The van der Waals surface area contributed by atoms with Crippen molar-refractivity contribution in [1.82, 2.24) is 5.32 Å². The first-order chi connectivity index (χ1) is 10.3. The normalized spacial score (nSPS) is 19.6. The molecule has 0 aromatic heterocycles. The van der Waals surface area contributed by atoms with E-state index in [2.05, 4.69) is 10.1 Å². The molecular weight excluding hydrogens is 320 g/mol. The Morgan fingerprint density at radius 2 is 2.05 bits per heavy atom. The molecule has 1 aromatic rings. The number of amides is 1. The standard InChI is InChI=1S/C13H13F2NO5S/c14-8-1-2-10(11(15)5-8)13(18)21-6-12(17)16-9-3-4-22(19,20)7-9/h1-2,5,9H,3-4,6-7H2,(H,16,17)/t9-/m0/s1. The Hall–Kier alpha value is -2.03. The Bertz CT molecular complexity index is 704. The molecule has 0 saturated carbocycles. The van der Waals surface area contributed by atoms with Crippen LogP contribution in [0, 0.1) is 11.6 Å². The highest BCUT2D eigenvalue weighted by atomic mass is 32.2. The Kier molecular flexibility index (Phi) is 4.74. The van der Waals surface area contributed by atoms with E-state index in [-0.39, 0.29) is 11.5 Å². The SMILES string of the molecule is O=C(COC(=O)c1ccc(F)cc1F)N[C@H]1CCS(=O)(=O)C1. The van der Waals surface area contributed by atoms with Crippen LogP contribution in [-0.4, -0.2) is 44.4 Å². The molecule has 0 bridgehead atoms. The number of hydrogen-bond acceptors (Lipinski definition) is 5. The number of carbonyl (C=O) groups excluding carboxylic acids is 2. The summed E-state index contributed by atoms with van der Waals surface area (Å²) in [5.74, 6) is -3.87. The van der Waals surface area contributed by atoms with Crippen molar-refractivity contribution in [2.45, 2.75) is 12.5 Å². The van der Waals surface area contributed by atoms with E-state index in [4.69, 9.17) is 0 Å². The molecule has 1 aliphatic heterocycles. The Labute approximate surface area is 125 Å². The molecule has 1 atom stereocenters. The maximum absolute atomic E-state index is 13.3. The van der Waals surface area contributed by atoms with E-state index in [9.17, 15) is 26.8 Å². The third-order valence-electron chi connectivity index (χ3n) is 3.08. The number of sulfone groups is 1. The maximum Gasteiger partial charge on any atom is 0.341 e. The molecule has 1 amide bonds. The number of hydrogen-bond donors (Lipinski definition) is 1. The molecule has 1 aliphatic rings. The summed E-state index contributed by atoms with van der Waals surface area (Å²) in [5, 5.41) is 2.42. The van der Waals surface area contributed by atoms with Crippen LogP contribution in [0.25, 0.3) is 0 Å². The van der Waals surface area contributed by atoms with Gasteiger partial charge < -0.3 is 10.1 Å². The van der Waals surface area contributed by atoms with E-state index in [0.29, 0.717) is 12.5 Å². The molecule has 1 N–H and O–H groups in total. The average Bonchev–Trinajstić information content (AvgIpc) is 2.75. The monoisotopic (exact) mass is 333 g/mol. The zero-order valence-electron chi connectivity index (χ0n) is 11.3. The van der Waals surface area contributed by atoms with Crippen molar-refractivity contribution in [2.75, 3.05) is 18.1 Å². The van der Waals surface area contributed by atoms with Gasteiger partial charge in [-0.25, -0.2) is 22.0 Å². The minimum Gasteiger partial charge on any atom is -0.452 e. The average molecular weight is 333 g/mol. The van der Waals surface area contributed by atoms with Gasteiger partial charge in [0.25, 0.3) is 5.91 Å². The van der Waals surface area contributed by atoms with Crippen LogP contribution < -0.4 is 5.32 Å². The number of esters is 1. The first kappa shape index (κ1) is 16.3. The summed E-state index contributed by atoms with van der Waals surface area (Å²) in [5.41, 5.74) is -0.488. The fourth-order valence-corrected chi connectivity index (χ4v) is 3.72. The Morgan fingerprint density at radius 3 is 2.64 bits per heavy atom. The van der Waals surface area contributed by atoms with Gasteiger partial charge in [-0.1, -0.05) is 0 Å². The van der Waals surface area contributed by atoms with E-state index in [0.717, 1.165) is 12.1 Å². The predicted molar refractivity (Wildman–Crippen MR) is 71.8 cm³/mol. The largest absolute Gasteiger partial charge is 0.452 e. The van der Waals surface area contributed by atoms with Gasteiger partial charge in [0, 0.05) is 12.1 Å². The molecule has 6 nitrogen and oxygen atoms in total. The number of carbonyl (C=O) groups is 2. The van der Waals surface area contributed by atoms with E-state index in [1.165, 1.54) is 0 Å². The minimum atomic E-state index is -3.13. The van der Waals surface area contributed by atoms with E-state index in [1.54, 1.807) is 0 Å². The van der Waals surface area contributed by atoms with Crippen molar-refractivity contribution in [3.8, 4) is 0 Å². The lowest BCUT2D eigenvalue weighted by atomic mass is 10.2. The van der Waals surface area contributed by atoms with Crippen LogP contribution in [0.4, 0.5) is 8.78 Å². The van der Waals surface area contributed by atoms with Gasteiger partial charge in [-0.2, -0.15) is 0 Å². The van der Waals surface area contributed by atoms with Crippen molar-refractivity contribution in [1.29, 1.82) is 0 Å². The maximum atomic E-state index is 13.3. The van der Waals surface area contributed by atoms with E-state index < -0.39 is 51.6 Å². The molecule has 9 heteroatoms. The summed E-state index contributed by atoms with van der Waals surface area (Å²) in [6.07, 6.45) is 0.300. The van der Waals surface area contributed by atoms with E-state index in [1.807, 2.05) is 0 Å². The molecule has 1 fully saturated rings. The van der Waals surface area contributed by atoms with Crippen LogP contribution in [0.15, 0.2) is 18.2 Å². The van der Waals surface area contributed by atoms with Gasteiger partial charge in [0.2, 0.25) is 0 Å². The van der Waals surface area contributed by atoms with Crippen molar-refractivity contribution in [3.05, 3.63) is 35.4 Å². The van der Waals surface area contributed by atoms with Crippen molar-refractivity contribution >= 4 is 21.7 Å². The van der Waals surface area contributed by atoms with Gasteiger partial charge in [-0.15, -0.1) is 0 Å². The van der Waals surface area contributed by atoms with Crippen LogP contribution in [-0.2, 0) is 19.4 Å². The molecular formula is C13H13F2NO5S.